The Labute approximate surface area is 76.5 Å². The van der Waals surface area contributed by atoms with Gasteiger partial charge in [-0.3, -0.25) is 4.84 Å². The van der Waals surface area contributed by atoms with Crippen LogP contribution >= 0.6 is 0 Å². The number of halogens is 1. The highest BCUT2D eigenvalue weighted by Crippen LogP contribution is 2.26. The Morgan fingerprint density at radius 2 is 2.23 bits per heavy atom. The molecule has 1 aliphatic carbocycles. The summed E-state index contributed by atoms with van der Waals surface area (Å²) in [7, 11) is 0. The summed E-state index contributed by atoms with van der Waals surface area (Å²) < 4.78 is 13.6. The zero-order chi connectivity index (χ0) is 9.26. The number of benzene rings is 1. The second kappa shape index (κ2) is 3.44. The second-order valence-electron chi connectivity index (χ2n) is 3.34. The van der Waals surface area contributed by atoms with Gasteiger partial charge in [-0.05, 0) is 30.4 Å². The van der Waals surface area contributed by atoms with Gasteiger partial charge in [0.15, 0.2) is 0 Å². The normalized spacial score (nSPS) is 14.6. The maximum Gasteiger partial charge on any atom is 0.132 e. The first-order valence-electron chi connectivity index (χ1n) is 4.43. The number of hydrogen-bond donors (Lipinski definition) is 1. The van der Waals surface area contributed by atoms with E-state index in [1.165, 1.54) is 0 Å². The maximum absolute atomic E-state index is 13.6. The molecule has 0 aliphatic heterocycles. The van der Waals surface area contributed by atoms with Crippen LogP contribution in [0.2, 0.25) is 0 Å². The molecular formula is C10H12FNO. The Morgan fingerprint density at radius 1 is 1.38 bits per heavy atom. The summed E-state index contributed by atoms with van der Waals surface area (Å²) in [5, 5.41) is 0. The fraction of sp³-hybridized carbons (Fsp3) is 0.400. The molecular weight excluding hydrogens is 169 g/mol. The number of rotatable bonds is 2. The molecule has 2 nitrogen and oxygen atoms in total. The standard InChI is InChI=1S/C10H12FNO/c11-10-8(6-13-12)5-4-7-2-1-3-9(7)10/h4-5H,1-3,6,12H2. The summed E-state index contributed by atoms with van der Waals surface area (Å²) >= 11 is 0. The van der Waals surface area contributed by atoms with Gasteiger partial charge in [-0.2, -0.15) is 0 Å². The summed E-state index contributed by atoms with van der Waals surface area (Å²) in [4.78, 5) is 4.43. The second-order valence-corrected chi connectivity index (χ2v) is 3.34. The predicted molar refractivity (Wildman–Crippen MR) is 47.4 cm³/mol. The molecule has 0 radical (unpaired) electrons. The third-order valence-corrected chi connectivity index (χ3v) is 2.53. The monoisotopic (exact) mass is 181 g/mol. The van der Waals surface area contributed by atoms with E-state index >= 15 is 0 Å². The van der Waals surface area contributed by atoms with Crippen molar-refractivity contribution in [3.63, 3.8) is 0 Å². The number of hydrogen-bond acceptors (Lipinski definition) is 2. The van der Waals surface area contributed by atoms with Crippen LogP contribution in [0.3, 0.4) is 0 Å². The predicted octanol–water partition coefficient (Wildman–Crippen LogP) is 1.70. The van der Waals surface area contributed by atoms with Crippen molar-refractivity contribution in [3.05, 3.63) is 34.6 Å². The lowest BCUT2D eigenvalue weighted by molar-refractivity contribution is 0.121. The van der Waals surface area contributed by atoms with Crippen molar-refractivity contribution in [2.24, 2.45) is 5.90 Å². The smallest absolute Gasteiger partial charge is 0.132 e. The summed E-state index contributed by atoms with van der Waals surface area (Å²) in [6.07, 6.45) is 2.90. The average molecular weight is 181 g/mol. The molecule has 1 aliphatic rings. The first-order chi connectivity index (χ1) is 6.33. The molecule has 0 saturated heterocycles. The van der Waals surface area contributed by atoms with Crippen molar-refractivity contribution >= 4 is 0 Å². The fourth-order valence-corrected chi connectivity index (χ4v) is 1.87. The van der Waals surface area contributed by atoms with Crippen LogP contribution in [-0.4, -0.2) is 0 Å². The van der Waals surface area contributed by atoms with E-state index < -0.39 is 0 Å². The van der Waals surface area contributed by atoms with Gasteiger partial charge in [0.25, 0.3) is 0 Å². The van der Waals surface area contributed by atoms with Crippen LogP contribution in [0.25, 0.3) is 0 Å². The van der Waals surface area contributed by atoms with Gasteiger partial charge in [0.05, 0.1) is 6.61 Å². The van der Waals surface area contributed by atoms with Crippen molar-refractivity contribution in [2.45, 2.75) is 25.9 Å². The average Bonchev–Trinajstić information content (AvgIpc) is 2.58. The lowest BCUT2D eigenvalue weighted by Gasteiger charge is -2.06. The van der Waals surface area contributed by atoms with Gasteiger partial charge in [0.2, 0.25) is 0 Å². The van der Waals surface area contributed by atoms with E-state index in [1.54, 1.807) is 6.07 Å². The molecule has 0 spiro atoms. The Morgan fingerprint density at radius 3 is 3.00 bits per heavy atom. The molecule has 2 N–H and O–H groups in total. The molecule has 2 rings (SSSR count). The van der Waals surface area contributed by atoms with Crippen LogP contribution in [0.5, 0.6) is 0 Å². The molecule has 13 heavy (non-hydrogen) atoms. The van der Waals surface area contributed by atoms with Crippen molar-refractivity contribution in [2.75, 3.05) is 0 Å². The molecule has 0 fully saturated rings. The molecule has 0 amide bonds. The third-order valence-electron chi connectivity index (χ3n) is 2.53. The maximum atomic E-state index is 13.6. The Balaban J connectivity index is 2.40. The van der Waals surface area contributed by atoms with E-state index in [0.717, 1.165) is 30.4 Å². The topological polar surface area (TPSA) is 35.2 Å². The van der Waals surface area contributed by atoms with Gasteiger partial charge >= 0.3 is 0 Å². The quantitative estimate of drug-likeness (QED) is 0.705. The van der Waals surface area contributed by atoms with Gasteiger partial charge in [-0.25, -0.2) is 10.3 Å². The van der Waals surface area contributed by atoms with E-state index in [4.69, 9.17) is 5.90 Å². The summed E-state index contributed by atoms with van der Waals surface area (Å²) in [5.41, 5.74) is 2.55. The van der Waals surface area contributed by atoms with E-state index in [2.05, 4.69) is 4.84 Å². The van der Waals surface area contributed by atoms with Crippen molar-refractivity contribution in [3.8, 4) is 0 Å². The van der Waals surface area contributed by atoms with E-state index in [-0.39, 0.29) is 12.4 Å². The Bertz CT molecular complexity index is 325. The summed E-state index contributed by atoms with van der Waals surface area (Å²) in [5.74, 6) is 4.78. The van der Waals surface area contributed by atoms with Gasteiger partial charge < -0.3 is 0 Å². The Kier molecular flexibility index (Phi) is 2.29. The minimum absolute atomic E-state index is 0.125. The summed E-state index contributed by atoms with van der Waals surface area (Å²) in [6, 6.07) is 3.73. The lowest BCUT2D eigenvalue weighted by Crippen LogP contribution is -2.03. The molecule has 0 aromatic heterocycles. The van der Waals surface area contributed by atoms with Crippen LogP contribution in [-0.2, 0) is 24.3 Å². The lowest BCUT2D eigenvalue weighted by atomic mass is 10.1. The van der Waals surface area contributed by atoms with Crippen molar-refractivity contribution in [1.29, 1.82) is 0 Å². The number of fused-ring (bicyclic) bond motifs is 1. The highest BCUT2D eigenvalue weighted by atomic mass is 19.1. The molecule has 0 unspecified atom stereocenters. The zero-order valence-corrected chi connectivity index (χ0v) is 7.35. The minimum atomic E-state index is -0.125. The minimum Gasteiger partial charge on any atom is -0.300 e. The largest absolute Gasteiger partial charge is 0.300 e. The number of nitrogens with two attached hydrogens (primary N) is 1. The third kappa shape index (κ3) is 1.45. The highest BCUT2D eigenvalue weighted by Gasteiger charge is 2.17. The van der Waals surface area contributed by atoms with Crippen LogP contribution in [0.1, 0.15) is 23.1 Å². The first-order valence-corrected chi connectivity index (χ1v) is 4.43. The highest BCUT2D eigenvalue weighted by molar-refractivity contribution is 5.36. The molecule has 0 saturated carbocycles. The van der Waals surface area contributed by atoms with Crippen molar-refractivity contribution in [1.82, 2.24) is 0 Å². The van der Waals surface area contributed by atoms with E-state index in [0.29, 0.717) is 5.56 Å². The van der Waals surface area contributed by atoms with Gasteiger partial charge in [0, 0.05) is 5.56 Å². The fourth-order valence-electron chi connectivity index (χ4n) is 1.87. The molecule has 0 atom stereocenters. The molecule has 3 heteroatoms. The van der Waals surface area contributed by atoms with Crippen LogP contribution < -0.4 is 5.90 Å². The van der Waals surface area contributed by atoms with Gasteiger partial charge in [-0.15, -0.1) is 0 Å². The summed E-state index contributed by atoms with van der Waals surface area (Å²) in [6.45, 7) is 0.152. The SMILES string of the molecule is NOCc1ccc2c(c1F)CCC2. The Hall–Kier alpha value is -0.930. The van der Waals surface area contributed by atoms with Gasteiger partial charge in [-0.1, -0.05) is 12.1 Å². The van der Waals surface area contributed by atoms with E-state index in [1.807, 2.05) is 6.07 Å². The van der Waals surface area contributed by atoms with E-state index in [9.17, 15) is 4.39 Å². The van der Waals surface area contributed by atoms with Crippen LogP contribution in [0, 0.1) is 5.82 Å². The molecule has 1 aromatic rings. The van der Waals surface area contributed by atoms with Gasteiger partial charge in [0.1, 0.15) is 5.82 Å². The molecule has 0 bridgehead atoms. The zero-order valence-electron chi connectivity index (χ0n) is 7.35. The molecule has 70 valence electrons. The molecule has 1 aromatic carbocycles. The van der Waals surface area contributed by atoms with Crippen LogP contribution in [0.15, 0.2) is 12.1 Å². The molecule has 0 heterocycles. The number of aryl methyl sites for hydroxylation is 1. The first kappa shape index (κ1) is 8.66. The van der Waals surface area contributed by atoms with Crippen molar-refractivity contribution < 1.29 is 9.23 Å². The van der Waals surface area contributed by atoms with Crippen LogP contribution in [0.4, 0.5) is 4.39 Å².